The molecule has 20 heavy (non-hydrogen) atoms. The molecule has 5 heteroatoms. The number of nitrogens with zero attached hydrogens (tertiary/aromatic N) is 1. The average molecular weight is 298 g/mol. The molecule has 2 rings (SSSR count). The monoisotopic (exact) mass is 297 g/mol. The number of hydrogen-bond donors (Lipinski definition) is 0. The van der Waals surface area contributed by atoms with Gasteiger partial charge in [0.1, 0.15) is 0 Å². The van der Waals surface area contributed by atoms with Crippen LogP contribution in [0.25, 0.3) is 6.08 Å². The fourth-order valence-electron chi connectivity index (χ4n) is 1.66. The number of hydrogen-bond acceptors (Lipinski definition) is 1. The molecule has 104 valence electrons. The summed E-state index contributed by atoms with van der Waals surface area (Å²) in [6.45, 7) is 0. The van der Waals surface area contributed by atoms with E-state index in [1.54, 1.807) is 24.4 Å². The van der Waals surface area contributed by atoms with Gasteiger partial charge in [-0.15, -0.1) is 0 Å². The third-order valence-corrected chi connectivity index (χ3v) is 3.04. The second kappa shape index (κ2) is 6.09. The molecule has 0 saturated carbocycles. The summed E-state index contributed by atoms with van der Waals surface area (Å²) in [7, 11) is 0. The van der Waals surface area contributed by atoms with Gasteiger partial charge in [-0.1, -0.05) is 35.9 Å². The van der Waals surface area contributed by atoms with Crippen LogP contribution in [0.15, 0.2) is 48.7 Å². The second-order valence-corrected chi connectivity index (χ2v) is 4.57. The summed E-state index contributed by atoms with van der Waals surface area (Å²) in [4.78, 5) is 4.12. The lowest BCUT2D eigenvalue weighted by atomic mass is 10.1. The lowest BCUT2D eigenvalue weighted by Crippen LogP contribution is -2.03. The highest BCUT2D eigenvalue weighted by molar-refractivity contribution is 6.31. The van der Waals surface area contributed by atoms with Crippen molar-refractivity contribution < 1.29 is 13.2 Å². The van der Waals surface area contributed by atoms with E-state index in [4.69, 9.17) is 11.6 Å². The molecule has 0 aliphatic heterocycles. The van der Waals surface area contributed by atoms with E-state index < -0.39 is 11.7 Å². The topological polar surface area (TPSA) is 12.9 Å². The van der Waals surface area contributed by atoms with Crippen LogP contribution in [0.2, 0.25) is 5.02 Å². The summed E-state index contributed by atoms with van der Waals surface area (Å²) in [5.41, 5.74) is 0.782. The van der Waals surface area contributed by atoms with E-state index in [9.17, 15) is 13.2 Å². The van der Waals surface area contributed by atoms with E-state index in [1.165, 1.54) is 12.1 Å². The van der Waals surface area contributed by atoms with Gasteiger partial charge in [0.25, 0.3) is 0 Å². The third-order valence-electron chi connectivity index (χ3n) is 2.69. The van der Waals surface area contributed by atoms with Gasteiger partial charge in [-0.05, 0) is 29.8 Å². The summed E-state index contributed by atoms with van der Waals surface area (Å²) in [5.74, 6) is 0. The second-order valence-electron chi connectivity index (χ2n) is 4.16. The number of pyridine rings is 1. The molecule has 0 saturated heterocycles. The van der Waals surface area contributed by atoms with Crippen LogP contribution in [0.5, 0.6) is 0 Å². The predicted molar refractivity (Wildman–Crippen MR) is 73.4 cm³/mol. The predicted octanol–water partition coefficient (Wildman–Crippen LogP) is 5.01. The molecule has 1 nitrogen and oxygen atoms in total. The highest BCUT2D eigenvalue weighted by Gasteiger charge is 2.29. The first-order valence-corrected chi connectivity index (χ1v) is 6.28. The lowest BCUT2D eigenvalue weighted by Gasteiger charge is -2.05. The molecule has 0 unspecified atom stereocenters. The standard InChI is InChI=1S/C15H11ClF3N/c16-13-4-2-10-20-14(13)5-1-3-11-6-8-12(9-7-11)15(17,18)19/h1-4,6-10H,5H2. The minimum Gasteiger partial charge on any atom is -0.259 e. The van der Waals surface area contributed by atoms with Crippen LogP contribution in [-0.2, 0) is 12.6 Å². The first kappa shape index (κ1) is 14.6. The third kappa shape index (κ3) is 3.84. The summed E-state index contributed by atoms with van der Waals surface area (Å²) >= 11 is 5.96. The number of aromatic nitrogens is 1. The van der Waals surface area contributed by atoms with E-state index in [0.29, 0.717) is 17.0 Å². The largest absolute Gasteiger partial charge is 0.416 e. The van der Waals surface area contributed by atoms with Gasteiger partial charge in [-0.3, -0.25) is 4.98 Å². The molecule has 0 amide bonds. The van der Waals surface area contributed by atoms with Crippen molar-refractivity contribution >= 4 is 17.7 Å². The number of benzene rings is 1. The molecule has 0 aliphatic rings. The van der Waals surface area contributed by atoms with Crippen molar-refractivity contribution in [2.75, 3.05) is 0 Å². The first-order chi connectivity index (χ1) is 9.47. The van der Waals surface area contributed by atoms with Gasteiger partial charge < -0.3 is 0 Å². The first-order valence-electron chi connectivity index (χ1n) is 5.90. The Bertz CT molecular complexity index is 603. The molecule has 0 aliphatic carbocycles. The molecule has 0 spiro atoms. The zero-order valence-corrected chi connectivity index (χ0v) is 11.1. The van der Waals surface area contributed by atoms with Crippen LogP contribution < -0.4 is 0 Å². The molecular formula is C15H11ClF3N. The Morgan fingerprint density at radius 1 is 1.10 bits per heavy atom. The molecule has 0 N–H and O–H groups in total. The summed E-state index contributed by atoms with van der Waals surface area (Å²) in [6.07, 6.45) is 1.43. The summed E-state index contributed by atoms with van der Waals surface area (Å²) in [6, 6.07) is 8.47. The van der Waals surface area contributed by atoms with Crippen molar-refractivity contribution in [1.82, 2.24) is 4.98 Å². The molecule has 1 heterocycles. The average Bonchev–Trinajstić information content (AvgIpc) is 2.40. The summed E-state index contributed by atoms with van der Waals surface area (Å²) in [5, 5.41) is 0.574. The molecule has 1 aromatic carbocycles. The maximum absolute atomic E-state index is 12.4. The van der Waals surface area contributed by atoms with Gasteiger partial charge in [0.05, 0.1) is 16.3 Å². The van der Waals surface area contributed by atoms with Crippen LogP contribution in [0.1, 0.15) is 16.8 Å². The lowest BCUT2D eigenvalue weighted by molar-refractivity contribution is -0.137. The van der Waals surface area contributed by atoms with E-state index in [1.807, 2.05) is 6.08 Å². The number of allylic oxidation sites excluding steroid dienone is 1. The molecule has 0 atom stereocenters. The van der Waals surface area contributed by atoms with Crippen LogP contribution in [-0.4, -0.2) is 4.98 Å². The van der Waals surface area contributed by atoms with Crippen molar-refractivity contribution in [3.8, 4) is 0 Å². The Labute approximate surface area is 119 Å². The number of rotatable bonds is 3. The SMILES string of the molecule is FC(F)(F)c1ccc(C=CCc2ncccc2Cl)cc1. The summed E-state index contributed by atoms with van der Waals surface area (Å²) < 4.78 is 37.2. The van der Waals surface area contributed by atoms with E-state index >= 15 is 0 Å². The maximum Gasteiger partial charge on any atom is 0.416 e. The Kier molecular flexibility index (Phi) is 4.45. The molecule has 1 aromatic heterocycles. The van der Waals surface area contributed by atoms with Crippen molar-refractivity contribution in [2.24, 2.45) is 0 Å². The highest BCUT2D eigenvalue weighted by Crippen LogP contribution is 2.29. The van der Waals surface area contributed by atoms with Crippen molar-refractivity contribution in [3.05, 3.63) is 70.5 Å². The molecular weight excluding hydrogens is 287 g/mol. The minimum absolute atomic E-state index is 0.528. The van der Waals surface area contributed by atoms with Crippen molar-refractivity contribution in [1.29, 1.82) is 0 Å². The van der Waals surface area contributed by atoms with Crippen LogP contribution in [0.4, 0.5) is 13.2 Å². The molecule has 0 fully saturated rings. The zero-order chi connectivity index (χ0) is 14.6. The molecule has 0 radical (unpaired) electrons. The fourth-order valence-corrected chi connectivity index (χ4v) is 1.86. The Morgan fingerprint density at radius 2 is 1.80 bits per heavy atom. The van der Waals surface area contributed by atoms with Crippen molar-refractivity contribution in [2.45, 2.75) is 12.6 Å². The van der Waals surface area contributed by atoms with Crippen LogP contribution >= 0.6 is 11.6 Å². The minimum atomic E-state index is -4.30. The van der Waals surface area contributed by atoms with E-state index in [-0.39, 0.29) is 0 Å². The van der Waals surface area contributed by atoms with Crippen LogP contribution in [0, 0.1) is 0 Å². The van der Waals surface area contributed by atoms with Gasteiger partial charge in [-0.2, -0.15) is 13.2 Å². The van der Waals surface area contributed by atoms with Gasteiger partial charge in [0.2, 0.25) is 0 Å². The number of alkyl halides is 3. The van der Waals surface area contributed by atoms with E-state index in [0.717, 1.165) is 17.8 Å². The Hall–Kier alpha value is -1.81. The highest BCUT2D eigenvalue weighted by atomic mass is 35.5. The van der Waals surface area contributed by atoms with Gasteiger partial charge in [0, 0.05) is 12.6 Å². The molecule has 2 aromatic rings. The van der Waals surface area contributed by atoms with Gasteiger partial charge in [0.15, 0.2) is 0 Å². The normalized spacial score (nSPS) is 12.0. The van der Waals surface area contributed by atoms with Gasteiger partial charge >= 0.3 is 6.18 Å². The van der Waals surface area contributed by atoms with Gasteiger partial charge in [-0.25, -0.2) is 0 Å². The van der Waals surface area contributed by atoms with E-state index in [2.05, 4.69) is 4.98 Å². The number of halogens is 4. The quantitative estimate of drug-likeness (QED) is 0.776. The Morgan fingerprint density at radius 3 is 2.40 bits per heavy atom. The maximum atomic E-state index is 12.4. The Balaban J connectivity index is 2.04. The zero-order valence-electron chi connectivity index (χ0n) is 10.4. The van der Waals surface area contributed by atoms with Crippen LogP contribution in [0.3, 0.4) is 0 Å². The fraction of sp³-hybridized carbons (Fsp3) is 0.133. The van der Waals surface area contributed by atoms with Crippen molar-refractivity contribution in [3.63, 3.8) is 0 Å². The smallest absolute Gasteiger partial charge is 0.259 e. The molecule has 0 bridgehead atoms.